The van der Waals surface area contributed by atoms with Crippen molar-refractivity contribution >= 4 is 15.9 Å². The zero-order chi connectivity index (χ0) is 14.9. The second-order valence-corrected chi connectivity index (χ2v) is 7.21. The van der Waals surface area contributed by atoms with E-state index >= 15 is 0 Å². The number of methoxy groups -OCH3 is 1. The maximum absolute atomic E-state index is 6.57. The summed E-state index contributed by atoms with van der Waals surface area (Å²) in [7, 11) is 1.81. The molecule has 3 rings (SSSR count). The van der Waals surface area contributed by atoms with Gasteiger partial charge in [-0.2, -0.15) is 0 Å². The first-order valence-electron chi connectivity index (χ1n) is 7.89. The number of halogens is 1. The Morgan fingerprint density at radius 3 is 2.81 bits per heavy atom. The fourth-order valence-electron chi connectivity index (χ4n) is 3.80. The number of benzene rings is 1. The van der Waals surface area contributed by atoms with Crippen LogP contribution in [0.1, 0.15) is 43.2 Å². The highest BCUT2D eigenvalue weighted by Crippen LogP contribution is 2.38. The minimum Gasteiger partial charge on any atom is -0.493 e. The molecule has 1 heterocycles. The van der Waals surface area contributed by atoms with Crippen LogP contribution in [0.4, 0.5) is 0 Å². The molecule has 0 spiro atoms. The van der Waals surface area contributed by atoms with Crippen LogP contribution in [0, 0.1) is 0 Å². The summed E-state index contributed by atoms with van der Waals surface area (Å²) in [5.74, 6) is 1.05. The lowest BCUT2D eigenvalue weighted by molar-refractivity contribution is -0.0583. The van der Waals surface area contributed by atoms with E-state index in [1.807, 2.05) is 7.11 Å². The summed E-state index contributed by atoms with van der Waals surface area (Å²) in [4.78, 5) is 0. The Morgan fingerprint density at radius 2 is 2.10 bits per heavy atom. The monoisotopic (exact) mass is 353 g/mol. The molecule has 4 heteroatoms. The van der Waals surface area contributed by atoms with Crippen molar-refractivity contribution in [3.63, 3.8) is 0 Å². The number of hydrogen-bond donors (Lipinski definition) is 1. The van der Waals surface area contributed by atoms with Gasteiger partial charge in [-0.25, -0.2) is 0 Å². The van der Waals surface area contributed by atoms with E-state index in [1.54, 1.807) is 0 Å². The van der Waals surface area contributed by atoms with Crippen LogP contribution in [0.15, 0.2) is 16.6 Å². The van der Waals surface area contributed by atoms with Crippen molar-refractivity contribution < 1.29 is 9.47 Å². The summed E-state index contributed by atoms with van der Waals surface area (Å²) in [6.45, 7) is 0.781. The van der Waals surface area contributed by atoms with Gasteiger partial charge in [-0.15, -0.1) is 0 Å². The summed E-state index contributed by atoms with van der Waals surface area (Å²) in [5.41, 5.74) is 8.92. The third-order valence-corrected chi connectivity index (χ3v) is 5.51. The van der Waals surface area contributed by atoms with E-state index in [9.17, 15) is 0 Å². The van der Waals surface area contributed by atoms with E-state index in [0.29, 0.717) is 0 Å². The van der Waals surface area contributed by atoms with E-state index in [2.05, 4.69) is 28.1 Å². The molecule has 21 heavy (non-hydrogen) atoms. The quantitative estimate of drug-likeness (QED) is 0.899. The average Bonchev–Trinajstić information content (AvgIpc) is 2.96. The highest BCUT2D eigenvalue weighted by Gasteiger charge is 2.38. The molecule has 1 aliphatic heterocycles. The first-order chi connectivity index (χ1) is 10.1. The Hall–Kier alpha value is -0.580. The summed E-state index contributed by atoms with van der Waals surface area (Å²) < 4.78 is 12.8. The van der Waals surface area contributed by atoms with Gasteiger partial charge in [-0.1, -0.05) is 35.2 Å². The van der Waals surface area contributed by atoms with Gasteiger partial charge in [0.05, 0.1) is 12.2 Å². The summed E-state index contributed by atoms with van der Waals surface area (Å²) in [6.07, 6.45) is 7.68. The molecule has 2 N–H and O–H groups in total. The zero-order valence-corrected chi connectivity index (χ0v) is 14.2. The predicted octanol–water partition coefficient (Wildman–Crippen LogP) is 3.60. The van der Waals surface area contributed by atoms with Crippen molar-refractivity contribution in [2.75, 3.05) is 13.7 Å². The topological polar surface area (TPSA) is 44.5 Å². The van der Waals surface area contributed by atoms with E-state index < -0.39 is 0 Å². The second kappa shape index (κ2) is 6.27. The van der Waals surface area contributed by atoms with Crippen LogP contribution in [0.25, 0.3) is 0 Å². The van der Waals surface area contributed by atoms with Crippen LogP contribution in [-0.2, 0) is 17.6 Å². The van der Waals surface area contributed by atoms with Gasteiger partial charge in [0.2, 0.25) is 0 Å². The van der Waals surface area contributed by atoms with Crippen LogP contribution in [0.2, 0.25) is 0 Å². The first-order valence-corrected chi connectivity index (χ1v) is 8.69. The molecule has 1 aromatic rings. The lowest BCUT2D eigenvalue weighted by Gasteiger charge is -2.41. The normalized spacial score (nSPS) is 21.7. The molecule has 0 bridgehead atoms. The maximum Gasteiger partial charge on any atom is 0.125 e. The van der Waals surface area contributed by atoms with Crippen molar-refractivity contribution in [2.45, 2.75) is 56.6 Å². The number of rotatable bonds is 4. The molecule has 3 nitrogen and oxygen atoms in total. The highest BCUT2D eigenvalue weighted by molar-refractivity contribution is 9.10. The molecule has 0 radical (unpaired) electrons. The van der Waals surface area contributed by atoms with Crippen molar-refractivity contribution in [1.29, 1.82) is 0 Å². The third kappa shape index (κ3) is 2.99. The molecule has 1 aliphatic carbocycles. The molecule has 0 aromatic heterocycles. The molecule has 0 amide bonds. The lowest BCUT2D eigenvalue weighted by atomic mass is 9.77. The molecular weight excluding hydrogens is 330 g/mol. The van der Waals surface area contributed by atoms with Crippen LogP contribution >= 0.6 is 15.9 Å². The van der Waals surface area contributed by atoms with Gasteiger partial charge in [0.1, 0.15) is 5.75 Å². The number of ether oxygens (including phenoxy) is 2. The fraction of sp³-hybridized carbons (Fsp3) is 0.647. The molecule has 1 unspecified atom stereocenters. The Kier molecular flexibility index (Phi) is 4.57. The highest BCUT2D eigenvalue weighted by atomic mass is 79.9. The van der Waals surface area contributed by atoms with Crippen LogP contribution in [-0.4, -0.2) is 25.4 Å². The SMILES string of the molecule is COC1(C(N)Cc2cc(Br)cc3c2OCC3)CCCCC1. The summed E-state index contributed by atoms with van der Waals surface area (Å²) in [6, 6.07) is 4.32. The van der Waals surface area contributed by atoms with Gasteiger partial charge in [0, 0.05) is 24.0 Å². The van der Waals surface area contributed by atoms with Crippen molar-refractivity contribution in [3.05, 3.63) is 27.7 Å². The zero-order valence-electron chi connectivity index (χ0n) is 12.7. The van der Waals surface area contributed by atoms with Crippen molar-refractivity contribution in [1.82, 2.24) is 0 Å². The molecule has 1 atom stereocenters. The van der Waals surface area contributed by atoms with Gasteiger partial charge in [0.25, 0.3) is 0 Å². The largest absolute Gasteiger partial charge is 0.493 e. The Morgan fingerprint density at radius 1 is 1.33 bits per heavy atom. The molecule has 1 saturated carbocycles. The summed E-state index contributed by atoms with van der Waals surface area (Å²) >= 11 is 3.60. The van der Waals surface area contributed by atoms with Crippen molar-refractivity contribution in [3.8, 4) is 5.75 Å². The van der Waals surface area contributed by atoms with Gasteiger partial charge in [-0.3, -0.25) is 0 Å². The smallest absolute Gasteiger partial charge is 0.125 e. The van der Waals surface area contributed by atoms with Crippen molar-refractivity contribution in [2.24, 2.45) is 5.73 Å². The van der Waals surface area contributed by atoms with E-state index in [1.165, 1.54) is 30.4 Å². The molecule has 0 saturated heterocycles. The third-order valence-electron chi connectivity index (χ3n) is 5.05. The average molecular weight is 354 g/mol. The van der Waals surface area contributed by atoms with Gasteiger partial charge in [0.15, 0.2) is 0 Å². The molecule has 1 aromatic carbocycles. The lowest BCUT2D eigenvalue weighted by Crippen LogP contribution is -2.51. The Bertz CT molecular complexity index is 512. The second-order valence-electron chi connectivity index (χ2n) is 6.29. The standard InChI is InChI=1S/C17H24BrNO2/c1-20-17(6-3-2-4-7-17)15(19)11-13-10-14(18)9-12-5-8-21-16(12)13/h9-10,15H,2-8,11,19H2,1H3. The van der Waals surface area contributed by atoms with Gasteiger partial charge < -0.3 is 15.2 Å². The van der Waals surface area contributed by atoms with Gasteiger partial charge in [-0.05, 0) is 42.5 Å². The van der Waals surface area contributed by atoms with E-state index in [-0.39, 0.29) is 11.6 Å². The summed E-state index contributed by atoms with van der Waals surface area (Å²) in [5, 5.41) is 0. The number of hydrogen-bond acceptors (Lipinski definition) is 3. The Balaban J connectivity index is 1.83. The minimum atomic E-state index is -0.161. The Labute approximate surface area is 135 Å². The molecule has 1 fully saturated rings. The number of nitrogens with two attached hydrogens (primary N) is 1. The van der Waals surface area contributed by atoms with Gasteiger partial charge >= 0.3 is 0 Å². The van der Waals surface area contributed by atoms with Crippen LogP contribution in [0.5, 0.6) is 5.75 Å². The maximum atomic E-state index is 6.57. The predicted molar refractivity (Wildman–Crippen MR) is 87.8 cm³/mol. The number of fused-ring (bicyclic) bond motifs is 1. The van der Waals surface area contributed by atoms with E-state index in [0.717, 1.165) is 42.5 Å². The molecule has 2 aliphatic rings. The molecule has 116 valence electrons. The minimum absolute atomic E-state index is 0.0189. The van der Waals surface area contributed by atoms with E-state index in [4.69, 9.17) is 15.2 Å². The molecular formula is C17H24BrNO2. The first kappa shape index (κ1) is 15.3. The van der Waals surface area contributed by atoms with Crippen LogP contribution < -0.4 is 10.5 Å². The fourth-order valence-corrected chi connectivity index (χ4v) is 4.35. The van der Waals surface area contributed by atoms with Crippen LogP contribution in [0.3, 0.4) is 0 Å².